The van der Waals surface area contributed by atoms with Gasteiger partial charge in [0.15, 0.2) is 5.75 Å². The van der Waals surface area contributed by atoms with Crippen molar-refractivity contribution in [1.82, 2.24) is 4.31 Å². The maximum atomic E-state index is 11.8. The molecule has 0 fully saturated rings. The van der Waals surface area contributed by atoms with Crippen LogP contribution in [0, 0.1) is 3.57 Å². The number of hydrogen-bond donors (Lipinski definition) is 0. The first kappa shape index (κ1) is 13.7. The maximum absolute atomic E-state index is 11.8. The molecular weight excluding hydrogens is 341 g/mol. The van der Waals surface area contributed by atoms with E-state index in [1.807, 2.05) is 28.7 Å². The van der Waals surface area contributed by atoms with Crippen LogP contribution in [0.25, 0.3) is 0 Å². The summed E-state index contributed by atoms with van der Waals surface area (Å²) in [6, 6.07) is 7.02. The largest absolute Gasteiger partial charge is 0.385 e. The van der Waals surface area contributed by atoms with Crippen LogP contribution in [0.1, 0.15) is 13.8 Å². The molecule has 0 aliphatic carbocycles. The van der Waals surface area contributed by atoms with Crippen LogP contribution in [0.4, 0.5) is 0 Å². The number of rotatable bonds is 5. The Kier molecular flexibility index (Phi) is 5.00. The van der Waals surface area contributed by atoms with Gasteiger partial charge < -0.3 is 4.18 Å². The van der Waals surface area contributed by atoms with E-state index in [0.29, 0.717) is 18.8 Å². The molecule has 0 N–H and O–H groups in total. The van der Waals surface area contributed by atoms with Crippen molar-refractivity contribution >= 4 is 32.9 Å². The van der Waals surface area contributed by atoms with Crippen molar-refractivity contribution in [2.24, 2.45) is 0 Å². The van der Waals surface area contributed by atoms with Gasteiger partial charge >= 0.3 is 10.3 Å². The van der Waals surface area contributed by atoms with E-state index in [-0.39, 0.29) is 0 Å². The second kappa shape index (κ2) is 5.83. The number of nitrogens with zero attached hydrogens (tertiary/aromatic N) is 1. The number of hydrogen-bond acceptors (Lipinski definition) is 3. The van der Waals surface area contributed by atoms with Crippen LogP contribution in [0.2, 0.25) is 0 Å². The minimum Gasteiger partial charge on any atom is -0.370 e. The Balaban J connectivity index is 2.93. The smallest absolute Gasteiger partial charge is 0.370 e. The quantitative estimate of drug-likeness (QED) is 0.762. The van der Waals surface area contributed by atoms with Gasteiger partial charge in [-0.05, 0) is 34.7 Å². The summed E-state index contributed by atoms with van der Waals surface area (Å²) in [5, 5.41) is 0. The first-order chi connectivity index (χ1) is 7.51. The van der Waals surface area contributed by atoms with Crippen LogP contribution in [-0.2, 0) is 10.3 Å². The van der Waals surface area contributed by atoms with Crippen molar-refractivity contribution in [3.05, 3.63) is 27.8 Å². The van der Waals surface area contributed by atoms with E-state index >= 15 is 0 Å². The van der Waals surface area contributed by atoms with Gasteiger partial charge in [0.25, 0.3) is 0 Å². The lowest BCUT2D eigenvalue weighted by Crippen LogP contribution is -2.34. The van der Waals surface area contributed by atoms with Crippen LogP contribution < -0.4 is 4.18 Å². The molecule has 90 valence electrons. The van der Waals surface area contributed by atoms with Crippen molar-refractivity contribution in [3.8, 4) is 5.75 Å². The van der Waals surface area contributed by atoms with Gasteiger partial charge in [0.05, 0.1) is 3.57 Å². The first-order valence-corrected chi connectivity index (χ1v) is 7.39. The normalized spacial score (nSPS) is 11.8. The van der Waals surface area contributed by atoms with E-state index in [1.165, 1.54) is 4.31 Å². The molecule has 1 aromatic carbocycles. The Morgan fingerprint density at radius 2 is 1.81 bits per heavy atom. The molecule has 0 saturated carbocycles. The predicted molar refractivity (Wildman–Crippen MR) is 71.6 cm³/mol. The molecule has 0 amide bonds. The molecule has 0 heterocycles. The summed E-state index contributed by atoms with van der Waals surface area (Å²) < 4.78 is 30.7. The van der Waals surface area contributed by atoms with Gasteiger partial charge in [-0.15, -0.1) is 0 Å². The number of para-hydroxylation sites is 1. The maximum Gasteiger partial charge on any atom is 0.385 e. The monoisotopic (exact) mass is 355 g/mol. The van der Waals surface area contributed by atoms with E-state index in [0.717, 1.165) is 3.57 Å². The lowest BCUT2D eigenvalue weighted by Gasteiger charge is -2.18. The lowest BCUT2D eigenvalue weighted by molar-refractivity contribution is 0.375. The minimum atomic E-state index is -3.67. The average Bonchev–Trinajstić information content (AvgIpc) is 2.22. The van der Waals surface area contributed by atoms with Crippen molar-refractivity contribution < 1.29 is 12.6 Å². The van der Waals surface area contributed by atoms with Crippen molar-refractivity contribution in [2.75, 3.05) is 13.1 Å². The van der Waals surface area contributed by atoms with E-state index in [9.17, 15) is 8.42 Å². The summed E-state index contributed by atoms with van der Waals surface area (Å²) in [6.45, 7) is 4.37. The summed E-state index contributed by atoms with van der Waals surface area (Å²) in [4.78, 5) is 0. The molecule has 0 unspecified atom stereocenters. The van der Waals surface area contributed by atoms with Gasteiger partial charge in [0, 0.05) is 13.1 Å². The lowest BCUT2D eigenvalue weighted by atomic mass is 10.3. The second-order valence-corrected chi connectivity index (χ2v) is 5.76. The van der Waals surface area contributed by atoms with Crippen LogP contribution in [0.15, 0.2) is 24.3 Å². The molecule has 0 radical (unpaired) electrons. The molecule has 0 spiro atoms. The van der Waals surface area contributed by atoms with Gasteiger partial charge in [0.2, 0.25) is 0 Å². The predicted octanol–water partition coefficient (Wildman–Crippen LogP) is 2.26. The summed E-state index contributed by atoms with van der Waals surface area (Å²) >= 11 is 2.04. The molecule has 0 saturated heterocycles. The average molecular weight is 355 g/mol. The number of benzene rings is 1. The molecule has 4 nitrogen and oxygen atoms in total. The standard InChI is InChI=1S/C10H14INO3S/c1-3-12(4-2)16(13,14)15-10-8-6-5-7-9(10)11/h5-8H,3-4H2,1-2H3. The highest BCUT2D eigenvalue weighted by Crippen LogP contribution is 2.22. The topological polar surface area (TPSA) is 46.6 Å². The van der Waals surface area contributed by atoms with Gasteiger partial charge in [0.1, 0.15) is 0 Å². The molecule has 16 heavy (non-hydrogen) atoms. The van der Waals surface area contributed by atoms with E-state index in [4.69, 9.17) is 4.18 Å². The van der Waals surface area contributed by atoms with E-state index < -0.39 is 10.3 Å². The third-order valence-electron chi connectivity index (χ3n) is 2.05. The summed E-state index contributed by atoms with van der Waals surface area (Å²) in [6.07, 6.45) is 0. The molecule has 6 heteroatoms. The first-order valence-electron chi connectivity index (χ1n) is 4.95. The zero-order chi connectivity index (χ0) is 12.2. The molecule has 1 aromatic rings. The third kappa shape index (κ3) is 3.33. The Labute approximate surface area is 110 Å². The highest BCUT2D eigenvalue weighted by atomic mass is 127. The summed E-state index contributed by atoms with van der Waals surface area (Å²) in [5.41, 5.74) is 0. The molecular formula is C10H14INO3S. The fraction of sp³-hybridized carbons (Fsp3) is 0.400. The Hall–Kier alpha value is -0.340. The van der Waals surface area contributed by atoms with Gasteiger partial charge in [-0.1, -0.05) is 26.0 Å². The van der Waals surface area contributed by atoms with Gasteiger partial charge in [-0.25, -0.2) is 0 Å². The van der Waals surface area contributed by atoms with Crippen LogP contribution in [-0.4, -0.2) is 25.8 Å². The molecule has 0 atom stereocenters. The zero-order valence-electron chi connectivity index (χ0n) is 9.18. The van der Waals surface area contributed by atoms with Crippen molar-refractivity contribution in [3.63, 3.8) is 0 Å². The highest BCUT2D eigenvalue weighted by molar-refractivity contribution is 14.1. The Morgan fingerprint density at radius 3 is 2.31 bits per heavy atom. The minimum absolute atomic E-state index is 0.370. The molecule has 0 aromatic heterocycles. The summed E-state index contributed by atoms with van der Waals surface area (Å²) in [7, 11) is -3.67. The van der Waals surface area contributed by atoms with E-state index in [1.54, 1.807) is 32.0 Å². The molecule has 0 aliphatic heterocycles. The molecule has 0 aliphatic rings. The van der Waals surface area contributed by atoms with Crippen LogP contribution >= 0.6 is 22.6 Å². The zero-order valence-corrected chi connectivity index (χ0v) is 12.2. The second-order valence-electron chi connectivity index (χ2n) is 3.06. The van der Waals surface area contributed by atoms with Crippen LogP contribution in [0.3, 0.4) is 0 Å². The van der Waals surface area contributed by atoms with Gasteiger partial charge in [-0.3, -0.25) is 0 Å². The van der Waals surface area contributed by atoms with Crippen molar-refractivity contribution in [2.45, 2.75) is 13.8 Å². The third-order valence-corrected chi connectivity index (χ3v) is 4.48. The van der Waals surface area contributed by atoms with Gasteiger partial charge in [-0.2, -0.15) is 12.7 Å². The fourth-order valence-electron chi connectivity index (χ4n) is 1.22. The van der Waals surface area contributed by atoms with Crippen LogP contribution in [0.5, 0.6) is 5.75 Å². The SMILES string of the molecule is CCN(CC)S(=O)(=O)Oc1ccccc1I. The number of halogens is 1. The Bertz CT molecular complexity index is 443. The fourth-order valence-corrected chi connectivity index (χ4v) is 2.98. The molecule has 0 bridgehead atoms. The van der Waals surface area contributed by atoms with E-state index in [2.05, 4.69) is 0 Å². The van der Waals surface area contributed by atoms with Crippen molar-refractivity contribution in [1.29, 1.82) is 0 Å². The Morgan fingerprint density at radius 1 is 1.25 bits per heavy atom. The highest BCUT2D eigenvalue weighted by Gasteiger charge is 2.21. The molecule has 1 rings (SSSR count). The summed E-state index contributed by atoms with van der Waals surface area (Å²) in [5.74, 6) is 0.370.